The molecule has 2 aromatic rings. The molecule has 0 aliphatic carbocycles. The van der Waals surface area contributed by atoms with Crippen molar-refractivity contribution in [2.75, 3.05) is 4.90 Å². The van der Waals surface area contributed by atoms with Gasteiger partial charge in [0, 0.05) is 12.1 Å². The number of carbonyl (C=O) groups excluding carboxylic acids is 1. The van der Waals surface area contributed by atoms with E-state index >= 15 is 0 Å². The van der Waals surface area contributed by atoms with Crippen molar-refractivity contribution in [2.45, 2.75) is 32.4 Å². The number of hydrogen-bond acceptors (Lipinski definition) is 2. The highest BCUT2D eigenvalue weighted by molar-refractivity contribution is 6.34. The topological polar surface area (TPSA) is 38.1 Å². The van der Waals surface area contributed by atoms with E-state index in [2.05, 4.69) is 12.0 Å². The largest absolute Gasteiger partial charge is 0.290 e. The predicted octanol–water partition coefficient (Wildman–Crippen LogP) is 3.68. The SMILES string of the molecule is C[C@H]1C[C@H](C)n2nccc2N1C(=O)c1cccc(F)c1Cl. The van der Waals surface area contributed by atoms with Crippen LogP contribution in [0.15, 0.2) is 30.5 Å². The van der Waals surface area contributed by atoms with Crippen LogP contribution in [0, 0.1) is 5.82 Å². The normalized spacial score (nSPS) is 21.2. The van der Waals surface area contributed by atoms with Crippen LogP contribution in [-0.2, 0) is 0 Å². The molecule has 21 heavy (non-hydrogen) atoms. The van der Waals surface area contributed by atoms with Crippen molar-refractivity contribution in [2.24, 2.45) is 0 Å². The molecule has 4 nitrogen and oxygen atoms in total. The molecule has 110 valence electrons. The van der Waals surface area contributed by atoms with Gasteiger partial charge in [-0.1, -0.05) is 17.7 Å². The molecule has 0 unspecified atom stereocenters. The van der Waals surface area contributed by atoms with E-state index in [1.807, 2.05) is 11.6 Å². The number of benzene rings is 1. The van der Waals surface area contributed by atoms with E-state index in [4.69, 9.17) is 11.6 Å². The Balaban J connectivity index is 2.06. The van der Waals surface area contributed by atoms with E-state index in [1.165, 1.54) is 12.1 Å². The van der Waals surface area contributed by atoms with Gasteiger partial charge in [-0.05, 0) is 32.4 Å². The predicted molar refractivity (Wildman–Crippen MR) is 79.2 cm³/mol. The molecule has 1 aliphatic rings. The van der Waals surface area contributed by atoms with Gasteiger partial charge in [-0.25, -0.2) is 9.07 Å². The summed E-state index contributed by atoms with van der Waals surface area (Å²) in [7, 11) is 0. The van der Waals surface area contributed by atoms with Crippen LogP contribution in [0.3, 0.4) is 0 Å². The van der Waals surface area contributed by atoms with Crippen molar-refractivity contribution in [3.63, 3.8) is 0 Å². The summed E-state index contributed by atoms with van der Waals surface area (Å²) < 4.78 is 15.4. The van der Waals surface area contributed by atoms with Gasteiger partial charge in [0.25, 0.3) is 5.91 Å². The second kappa shape index (κ2) is 5.15. The van der Waals surface area contributed by atoms with Gasteiger partial charge in [0.2, 0.25) is 0 Å². The summed E-state index contributed by atoms with van der Waals surface area (Å²) in [5, 5.41) is 4.11. The van der Waals surface area contributed by atoms with Crippen LogP contribution < -0.4 is 4.90 Å². The summed E-state index contributed by atoms with van der Waals surface area (Å²) in [4.78, 5) is 14.4. The molecule has 0 saturated heterocycles. The Morgan fingerprint density at radius 1 is 1.33 bits per heavy atom. The van der Waals surface area contributed by atoms with Gasteiger partial charge in [-0.2, -0.15) is 5.10 Å². The zero-order valence-corrected chi connectivity index (χ0v) is 12.5. The number of fused-ring (bicyclic) bond motifs is 1. The average molecular weight is 308 g/mol. The molecule has 2 heterocycles. The third-order valence-electron chi connectivity index (χ3n) is 3.84. The number of rotatable bonds is 1. The van der Waals surface area contributed by atoms with E-state index in [1.54, 1.807) is 23.2 Å². The molecule has 0 radical (unpaired) electrons. The maximum atomic E-state index is 13.6. The number of hydrogen-bond donors (Lipinski definition) is 0. The molecule has 3 rings (SSSR count). The lowest BCUT2D eigenvalue weighted by molar-refractivity contribution is 0.0966. The van der Waals surface area contributed by atoms with E-state index < -0.39 is 5.82 Å². The maximum Gasteiger partial charge on any atom is 0.261 e. The number of halogens is 2. The van der Waals surface area contributed by atoms with E-state index in [-0.39, 0.29) is 28.6 Å². The Hall–Kier alpha value is -1.88. The van der Waals surface area contributed by atoms with E-state index in [9.17, 15) is 9.18 Å². The second-order valence-corrected chi connectivity index (χ2v) is 5.72. The Morgan fingerprint density at radius 2 is 2.10 bits per heavy atom. The molecule has 1 amide bonds. The number of nitrogens with zero attached hydrogens (tertiary/aromatic N) is 3. The van der Waals surface area contributed by atoms with Crippen LogP contribution in [0.2, 0.25) is 5.02 Å². The maximum absolute atomic E-state index is 13.6. The minimum atomic E-state index is -0.589. The van der Waals surface area contributed by atoms with Crippen molar-refractivity contribution in [1.82, 2.24) is 9.78 Å². The van der Waals surface area contributed by atoms with Crippen LogP contribution in [0.1, 0.15) is 36.7 Å². The van der Waals surface area contributed by atoms with E-state index in [0.29, 0.717) is 5.82 Å². The first-order chi connectivity index (χ1) is 10.0. The van der Waals surface area contributed by atoms with Gasteiger partial charge in [0.15, 0.2) is 0 Å². The minimum absolute atomic E-state index is 0.00367. The summed E-state index contributed by atoms with van der Waals surface area (Å²) >= 11 is 5.94. The third kappa shape index (κ3) is 2.21. The zero-order chi connectivity index (χ0) is 15.1. The lowest BCUT2D eigenvalue weighted by Crippen LogP contribution is -2.45. The van der Waals surface area contributed by atoms with Gasteiger partial charge in [-0.15, -0.1) is 0 Å². The standard InChI is InChI=1S/C15H15ClFN3O/c1-9-8-10(2)20-13(6-7-18-20)19(9)15(21)11-4-3-5-12(17)14(11)16/h3-7,9-10H,8H2,1-2H3/t9-,10-/m0/s1. The molecule has 1 aromatic carbocycles. The summed E-state index contributed by atoms with van der Waals surface area (Å²) in [5.74, 6) is -0.179. The lowest BCUT2D eigenvalue weighted by Gasteiger charge is -2.37. The molecule has 1 aromatic heterocycles. The Labute approximate surface area is 127 Å². The van der Waals surface area contributed by atoms with Crippen LogP contribution in [0.5, 0.6) is 0 Å². The second-order valence-electron chi connectivity index (χ2n) is 5.34. The van der Waals surface area contributed by atoms with Crippen molar-refractivity contribution < 1.29 is 9.18 Å². The number of aromatic nitrogens is 2. The summed E-state index contributed by atoms with van der Waals surface area (Å²) in [6, 6.07) is 6.28. The smallest absolute Gasteiger partial charge is 0.261 e. The first kappa shape index (κ1) is 14.1. The minimum Gasteiger partial charge on any atom is -0.290 e. The highest BCUT2D eigenvalue weighted by Crippen LogP contribution is 2.33. The quantitative estimate of drug-likeness (QED) is 0.806. The fraction of sp³-hybridized carbons (Fsp3) is 0.333. The van der Waals surface area contributed by atoms with Crippen molar-refractivity contribution >= 4 is 23.3 Å². The highest BCUT2D eigenvalue weighted by atomic mass is 35.5. The fourth-order valence-electron chi connectivity index (χ4n) is 2.87. The van der Waals surface area contributed by atoms with Crippen molar-refractivity contribution in [3.8, 4) is 0 Å². The summed E-state index contributed by atoms with van der Waals surface area (Å²) in [5.41, 5.74) is 0.172. The molecule has 0 saturated carbocycles. The molecule has 2 atom stereocenters. The third-order valence-corrected chi connectivity index (χ3v) is 4.22. The molecule has 0 spiro atoms. The zero-order valence-electron chi connectivity index (χ0n) is 11.8. The fourth-order valence-corrected chi connectivity index (χ4v) is 3.07. The van der Waals surface area contributed by atoms with Crippen LogP contribution in [0.25, 0.3) is 0 Å². The number of carbonyl (C=O) groups is 1. The molecular formula is C15H15ClFN3O. The van der Waals surface area contributed by atoms with Gasteiger partial charge >= 0.3 is 0 Å². The first-order valence-corrected chi connectivity index (χ1v) is 7.19. The van der Waals surface area contributed by atoms with Gasteiger partial charge in [0.05, 0.1) is 22.8 Å². The molecule has 0 bridgehead atoms. The van der Waals surface area contributed by atoms with Gasteiger partial charge in [0.1, 0.15) is 11.6 Å². The molecule has 0 N–H and O–H groups in total. The Morgan fingerprint density at radius 3 is 2.86 bits per heavy atom. The monoisotopic (exact) mass is 307 g/mol. The number of amides is 1. The van der Waals surface area contributed by atoms with Crippen LogP contribution in [0.4, 0.5) is 10.2 Å². The van der Waals surface area contributed by atoms with Crippen molar-refractivity contribution in [3.05, 3.63) is 46.9 Å². The van der Waals surface area contributed by atoms with E-state index in [0.717, 1.165) is 6.42 Å². The molecule has 0 fully saturated rings. The molecule has 6 heteroatoms. The Kier molecular flexibility index (Phi) is 3.45. The summed E-state index contributed by atoms with van der Waals surface area (Å²) in [6.45, 7) is 4.03. The summed E-state index contributed by atoms with van der Waals surface area (Å²) in [6.07, 6.45) is 2.45. The highest BCUT2D eigenvalue weighted by Gasteiger charge is 2.33. The van der Waals surface area contributed by atoms with Crippen LogP contribution in [-0.4, -0.2) is 21.7 Å². The first-order valence-electron chi connectivity index (χ1n) is 6.81. The molecule has 1 aliphatic heterocycles. The average Bonchev–Trinajstić information content (AvgIpc) is 2.91. The Bertz CT molecular complexity index is 700. The van der Waals surface area contributed by atoms with Crippen LogP contribution >= 0.6 is 11.6 Å². The van der Waals surface area contributed by atoms with Gasteiger partial charge < -0.3 is 0 Å². The molecular weight excluding hydrogens is 293 g/mol. The number of anilines is 1. The van der Waals surface area contributed by atoms with Crippen molar-refractivity contribution in [1.29, 1.82) is 0 Å². The van der Waals surface area contributed by atoms with Gasteiger partial charge in [-0.3, -0.25) is 9.69 Å². The lowest BCUT2D eigenvalue weighted by atomic mass is 10.0.